The van der Waals surface area contributed by atoms with Crippen molar-refractivity contribution in [3.63, 3.8) is 0 Å². The maximum Gasteiger partial charge on any atom is 0.348 e. The summed E-state index contributed by atoms with van der Waals surface area (Å²) in [7, 11) is 0. The van der Waals surface area contributed by atoms with Crippen molar-refractivity contribution >= 4 is 40.3 Å². The average molecular weight is 277 g/mol. The molecule has 0 atom stereocenters. The molecular formula is C13H5ClO5. The molecule has 0 amide bonds. The Hall–Kier alpha value is -2.40. The van der Waals surface area contributed by atoms with Gasteiger partial charge in [-0.1, -0.05) is 35.9 Å². The van der Waals surface area contributed by atoms with E-state index in [4.69, 9.17) is 11.6 Å². The lowest BCUT2D eigenvalue weighted by Gasteiger charge is -2.08. The van der Waals surface area contributed by atoms with E-state index in [1.165, 1.54) is 6.07 Å². The van der Waals surface area contributed by atoms with Crippen LogP contribution >= 0.6 is 11.6 Å². The molecule has 0 aliphatic carbocycles. The highest BCUT2D eigenvalue weighted by Crippen LogP contribution is 2.37. The lowest BCUT2D eigenvalue weighted by atomic mass is 9.95. The Morgan fingerprint density at radius 2 is 1.63 bits per heavy atom. The van der Waals surface area contributed by atoms with E-state index in [-0.39, 0.29) is 21.7 Å². The second-order valence-electron chi connectivity index (χ2n) is 3.97. The summed E-state index contributed by atoms with van der Waals surface area (Å²) in [6.07, 6.45) is 0. The molecule has 3 rings (SSSR count). The number of cyclic esters (lactones) is 2. The molecule has 6 heteroatoms. The van der Waals surface area contributed by atoms with Crippen molar-refractivity contribution in [2.75, 3.05) is 0 Å². The van der Waals surface area contributed by atoms with Crippen LogP contribution in [0.15, 0.2) is 24.3 Å². The van der Waals surface area contributed by atoms with Crippen LogP contribution in [0.1, 0.15) is 31.1 Å². The maximum absolute atomic E-state index is 11.7. The fraction of sp³-hybridized carbons (Fsp3) is 0. The van der Waals surface area contributed by atoms with Gasteiger partial charge in [0.05, 0.1) is 21.7 Å². The number of carboxylic acid groups (broad SMARTS) is 1. The average Bonchev–Trinajstić information content (AvgIpc) is 2.65. The van der Waals surface area contributed by atoms with E-state index in [2.05, 4.69) is 4.74 Å². The van der Waals surface area contributed by atoms with E-state index in [9.17, 15) is 19.5 Å². The summed E-state index contributed by atoms with van der Waals surface area (Å²) in [6.45, 7) is 0. The fourth-order valence-corrected chi connectivity index (χ4v) is 2.56. The Balaban J connectivity index is 2.60. The molecule has 1 aliphatic heterocycles. The number of hydrogen-bond acceptors (Lipinski definition) is 4. The first kappa shape index (κ1) is 11.7. The Morgan fingerprint density at radius 3 is 2.26 bits per heavy atom. The summed E-state index contributed by atoms with van der Waals surface area (Å²) in [5.74, 6) is -3.00. The number of carbonyl (C=O) groups excluding carboxylic acids is 2. The van der Waals surface area contributed by atoms with Gasteiger partial charge in [-0.25, -0.2) is 14.4 Å². The molecule has 94 valence electrons. The topological polar surface area (TPSA) is 80.7 Å². The van der Waals surface area contributed by atoms with Gasteiger partial charge in [-0.2, -0.15) is 0 Å². The molecule has 0 bridgehead atoms. The van der Waals surface area contributed by atoms with Crippen LogP contribution in [0.25, 0.3) is 10.8 Å². The number of fused-ring (bicyclic) bond motifs is 3. The van der Waals surface area contributed by atoms with Gasteiger partial charge in [0.1, 0.15) is 0 Å². The number of carbonyl (C=O) groups is 3. The minimum atomic E-state index is -1.27. The Kier molecular flexibility index (Phi) is 2.33. The van der Waals surface area contributed by atoms with Crippen LogP contribution in [0.3, 0.4) is 0 Å². The zero-order valence-electron chi connectivity index (χ0n) is 9.27. The molecule has 5 nitrogen and oxygen atoms in total. The van der Waals surface area contributed by atoms with Gasteiger partial charge in [0, 0.05) is 0 Å². The van der Waals surface area contributed by atoms with Crippen LogP contribution in [-0.2, 0) is 4.74 Å². The molecule has 2 aromatic rings. The van der Waals surface area contributed by atoms with E-state index in [0.717, 1.165) is 0 Å². The molecule has 0 aromatic heterocycles. The highest BCUT2D eigenvalue weighted by atomic mass is 35.5. The summed E-state index contributed by atoms with van der Waals surface area (Å²) < 4.78 is 4.50. The van der Waals surface area contributed by atoms with E-state index in [0.29, 0.717) is 10.8 Å². The molecule has 0 saturated heterocycles. The fourth-order valence-electron chi connectivity index (χ4n) is 2.21. The molecule has 1 N–H and O–H groups in total. The molecule has 2 aromatic carbocycles. The smallest absolute Gasteiger partial charge is 0.348 e. The van der Waals surface area contributed by atoms with Gasteiger partial charge in [0.15, 0.2) is 0 Å². The van der Waals surface area contributed by atoms with Gasteiger partial charge in [0.25, 0.3) is 0 Å². The lowest BCUT2D eigenvalue weighted by molar-refractivity contribution is 0.0444. The van der Waals surface area contributed by atoms with Gasteiger partial charge in [-0.05, 0) is 10.8 Å². The van der Waals surface area contributed by atoms with Crippen molar-refractivity contribution < 1.29 is 24.2 Å². The third kappa shape index (κ3) is 1.45. The summed E-state index contributed by atoms with van der Waals surface area (Å²) in [6, 6.07) is 6.34. The molecule has 0 unspecified atom stereocenters. The van der Waals surface area contributed by atoms with Crippen LogP contribution in [0, 0.1) is 0 Å². The van der Waals surface area contributed by atoms with Gasteiger partial charge in [-0.15, -0.1) is 0 Å². The molecule has 0 fully saturated rings. The first-order valence-electron chi connectivity index (χ1n) is 5.26. The van der Waals surface area contributed by atoms with Gasteiger partial charge < -0.3 is 9.84 Å². The van der Waals surface area contributed by atoms with Gasteiger partial charge in [-0.3, -0.25) is 0 Å². The summed E-state index contributed by atoms with van der Waals surface area (Å²) in [4.78, 5) is 34.6. The lowest BCUT2D eigenvalue weighted by Crippen LogP contribution is -2.05. The quantitative estimate of drug-likeness (QED) is 0.639. The number of esters is 2. The minimum Gasteiger partial charge on any atom is -0.478 e. The molecular weight excluding hydrogens is 272 g/mol. The summed E-state index contributed by atoms with van der Waals surface area (Å²) >= 11 is 5.95. The van der Waals surface area contributed by atoms with Crippen LogP contribution in [0.4, 0.5) is 0 Å². The molecule has 0 radical (unpaired) electrons. The first-order valence-corrected chi connectivity index (χ1v) is 5.64. The zero-order chi connectivity index (χ0) is 13.7. The van der Waals surface area contributed by atoms with Crippen molar-refractivity contribution in [2.24, 2.45) is 0 Å². The van der Waals surface area contributed by atoms with Crippen molar-refractivity contribution in [3.05, 3.63) is 46.0 Å². The van der Waals surface area contributed by atoms with Crippen LogP contribution in [0.5, 0.6) is 0 Å². The molecule has 1 heterocycles. The van der Waals surface area contributed by atoms with Crippen molar-refractivity contribution in [1.29, 1.82) is 0 Å². The minimum absolute atomic E-state index is 0.0237. The molecule has 19 heavy (non-hydrogen) atoms. The van der Waals surface area contributed by atoms with Crippen LogP contribution < -0.4 is 0 Å². The maximum atomic E-state index is 11.7. The van der Waals surface area contributed by atoms with Gasteiger partial charge in [0.2, 0.25) is 0 Å². The van der Waals surface area contributed by atoms with Crippen LogP contribution in [0.2, 0.25) is 5.02 Å². The monoisotopic (exact) mass is 276 g/mol. The third-order valence-electron chi connectivity index (χ3n) is 2.96. The Morgan fingerprint density at radius 1 is 1.05 bits per heavy atom. The number of rotatable bonds is 1. The highest BCUT2D eigenvalue weighted by Gasteiger charge is 2.37. The Labute approximate surface area is 111 Å². The van der Waals surface area contributed by atoms with E-state index >= 15 is 0 Å². The van der Waals surface area contributed by atoms with Crippen molar-refractivity contribution in [3.8, 4) is 0 Å². The zero-order valence-corrected chi connectivity index (χ0v) is 10.0. The standard InChI is InChI=1S/C13H5ClO5/c14-10-8(11(15)16)6-4-2-1-3-5(6)7-9(10)13(18)19-12(7)17/h1-4H,(H,15,16). The summed E-state index contributed by atoms with van der Waals surface area (Å²) in [5.41, 5.74) is -0.360. The normalized spacial score (nSPS) is 13.5. The third-order valence-corrected chi connectivity index (χ3v) is 3.34. The predicted molar refractivity (Wildman–Crippen MR) is 65.7 cm³/mol. The van der Waals surface area contributed by atoms with E-state index < -0.39 is 17.9 Å². The number of carboxylic acids is 1. The number of aromatic carboxylic acids is 1. The molecule has 0 spiro atoms. The second kappa shape index (κ2) is 3.80. The largest absolute Gasteiger partial charge is 0.478 e. The highest BCUT2D eigenvalue weighted by molar-refractivity contribution is 6.41. The van der Waals surface area contributed by atoms with Crippen molar-refractivity contribution in [1.82, 2.24) is 0 Å². The SMILES string of the molecule is O=C1OC(=O)c2c1c(Cl)c(C(=O)O)c1ccccc21. The first-order chi connectivity index (χ1) is 9.02. The number of ether oxygens (including phenoxy) is 1. The van der Waals surface area contributed by atoms with Crippen molar-refractivity contribution in [2.45, 2.75) is 0 Å². The van der Waals surface area contributed by atoms with Crippen LogP contribution in [-0.4, -0.2) is 23.0 Å². The molecule has 0 saturated carbocycles. The Bertz CT molecular complexity index is 778. The summed E-state index contributed by atoms with van der Waals surface area (Å²) in [5, 5.41) is 9.60. The second-order valence-corrected chi connectivity index (χ2v) is 4.34. The number of hydrogen-bond donors (Lipinski definition) is 1. The molecule has 1 aliphatic rings. The van der Waals surface area contributed by atoms with Gasteiger partial charge >= 0.3 is 17.9 Å². The number of benzene rings is 2. The number of halogens is 1. The van der Waals surface area contributed by atoms with E-state index in [1.807, 2.05) is 0 Å². The van der Waals surface area contributed by atoms with E-state index in [1.54, 1.807) is 18.2 Å². The predicted octanol–water partition coefficient (Wildman–Crippen LogP) is 2.50.